The normalized spacial score (nSPS) is 11.8. The van der Waals surface area contributed by atoms with E-state index >= 15 is 0 Å². The van der Waals surface area contributed by atoms with Gasteiger partial charge >= 0.3 is 0 Å². The quantitative estimate of drug-likeness (QED) is 0.358. The van der Waals surface area contributed by atoms with Gasteiger partial charge in [-0.05, 0) is 18.2 Å². The van der Waals surface area contributed by atoms with Crippen molar-refractivity contribution in [1.82, 2.24) is 10.7 Å². The molecule has 8 heteroatoms. The Bertz CT molecular complexity index is 468. The molecular weight excluding hydrogens is 281 g/mol. The van der Waals surface area contributed by atoms with Crippen molar-refractivity contribution in [3.63, 3.8) is 0 Å². The summed E-state index contributed by atoms with van der Waals surface area (Å²) in [6.45, 7) is -0.573. The van der Waals surface area contributed by atoms with Crippen LogP contribution in [0.3, 0.4) is 0 Å². The van der Waals surface area contributed by atoms with Crippen molar-refractivity contribution >= 4 is 35.0 Å². The minimum absolute atomic E-state index is 0.215. The van der Waals surface area contributed by atoms with E-state index in [0.29, 0.717) is 5.02 Å². The number of benzene rings is 1. The van der Waals surface area contributed by atoms with E-state index < -0.39 is 24.5 Å². The fourth-order valence-electron chi connectivity index (χ4n) is 1.17. The minimum Gasteiger partial charge on any atom is -0.394 e. The number of halogens is 2. The highest BCUT2D eigenvalue weighted by atomic mass is 35.5. The molecule has 0 aromatic heterocycles. The molecule has 0 heterocycles. The first-order valence-electron chi connectivity index (χ1n) is 4.86. The molecule has 1 aromatic carbocycles. The van der Waals surface area contributed by atoms with E-state index in [1.807, 2.05) is 5.43 Å². The second kappa shape index (κ2) is 6.55. The van der Waals surface area contributed by atoms with E-state index in [0.717, 1.165) is 0 Å². The number of hydrogen-bond acceptors (Lipinski definition) is 4. The molecule has 0 aliphatic rings. The van der Waals surface area contributed by atoms with Crippen LogP contribution in [0, 0.1) is 0 Å². The number of aliphatic hydroxyl groups excluding tert-OH is 1. The fraction of sp³-hybridized carbons (Fsp3) is 0.200. The van der Waals surface area contributed by atoms with E-state index in [1.54, 1.807) is 0 Å². The molecule has 1 rings (SSSR count). The Morgan fingerprint density at radius 2 is 2.00 bits per heavy atom. The maximum atomic E-state index is 11.8. The predicted molar refractivity (Wildman–Crippen MR) is 67.1 cm³/mol. The summed E-state index contributed by atoms with van der Waals surface area (Å²) in [4.78, 5) is 22.9. The molecule has 6 nitrogen and oxygen atoms in total. The third-order valence-electron chi connectivity index (χ3n) is 2.13. The van der Waals surface area contributed by atoms with Crippen LogP contribution in [-0.2, 0) is 4.79 Å². The smallest absolute Gasteiger partial charge is 0.258 e. The van der Waals surface area contributed by atoms with Gasteiger partial charge in [0.25, 0.3) is 11.8 Å². The van der Waals surface area contributed by atoms with Gasteiger partial charge in [0.1, 0.15) is 6.04 Å². The summed E-state index contributed by atoms with van der Waals surface area (Å²) < 4.78 is 0. The highest BCUT2D eigenvalue weighted by Crippen LogP contribution is 2.22. The molecule has 0 unspecified atom stereocenters. The van der Waals surface area contributed by atoms with Gasteiger partial charge in [0.05, 0.1) is 16.7 Å². The van der Waals surface area contributed by atoms with Crippen LogP contribution < -0.4 is 16.6 Å². The molecule has 1 aromatic rings. The van der Waals surface area contributed by atoms with Gasteiger partial charge in [0.15, 0.2) is 0 Å². The largest absolute Gasteiger partial charge is 0.394 e. The Morgan fingerprint density at radius 1 is 1.33 bits per heavy atom. The molecule has 0 fully saturated rings. The number of amides is 2. The lowest BCUT2D eigenvalue weighted by Gasteiger charge is -2.14. The van der Waals surface area contributed by atoms with Crippen molar-refractivity contribution in [3.05, 3.63) is 33.8 Å². The Morgan fingerprint density at radius 3 is 2.50 bits per heavy atom. The molecule has 0 aliphatic heterocycles. The molecule has 1 atom stereocenters. The summed E-state index contributed by atoms with van der Waals surface area (Å²) >= 11 is 11.5. The van der Waals surface area contributed by atoms with Crippen LogP contribution in [0.25, 0.3) is 0 Å². The van der Waals surface area contributed by atoms with Crippen LogP contribution in [0.1, 0.15) is 10.4 Å². The van der Waals surface area contributed by atoms with E-state index in [4.69, 9.17) is 34.2 Å². The Hall–Kier alpha value is -1.34. The van der Waals surface area contributed by atoms with Gasteiger partial charge in [-0.2, -0.15) is 0 Å². The van der Waals surface area contributed by atoms with Crippen LogP contribution in [0.4, 0.5) is 0 Å². The SMILES string of the molecule is NNC(=O)[C@@H](CO)NC(=O)c1ccc(Cl)c(Cl)c1. The lowest BCUT2D eigenvalue weighted by molar-refractivity contribution is -0.123. The summed E-state index contributed by atoms with van der Waals surface area (Å²) in [5, 5.41) is 11.8. The maximum absolute atomic E-state index is 11.8. The van der Waals surface area contributed by atoms with Crippen molar-refractivity contribution < 1.29 is 14.7 Å². The number of hydrazine groups is 1. The summed E-state index contributed by atoms with van der Waals surface area (Å²) in [7, 11) is 0. The highest BCUT2D eigenvalue weighted by Gasteiger charge is 2.19. The molecule has 0 spiro atoms. The van der Waals surface area contributed by atoms with Crippen molar-refractivity contribution in [2.24, 2.45) is 5.84 Å². The number of carbonyl (C=O) groups excluding carboxylic acids is 2. The summed E-state index contributed by atoms with van der Waals surface area (Å²) in [5.74, 6) is 3.63. The lowest BCUT2D eigenvalue weighted by Crippen LogP contribution is -2.50. The van der Waals surface area contributed by atoms with Gasteiger partial charge in [-0.25, -0.2) is 5.84 Å². The second-order valence-corrected chi connectivity index (χ2v) is 4.16. The van der Waals surface area contributed by atoms with Crippen molar-refractivity contribution in [3.8, 4) is 0 Å². The van der Waals surface area contributed by atoms with Gasteiger partial charge in [0, 0.05) is 5.56 Å². The van der Waals surface area contributed by atoms with Gasteiger partial charge in [-0.1, -0.05) is 23.2 Å². The van der Waals surface area contributed by atoms with Gasteiger partial charge in [-0.3, -0.25) is 15.0 Å². The number of carbonyl (C=O) groups is 2. The lowest BCUT2D eigenvalue weighted by atomic mass is 10.2. The molecule has 5 N–H and O–H groups in total. The van der Waals surface area contributed by atoms with Crippen LogP contribution in [0.15, 0.2) is 18.2 Å². The highest BCUT2D eigenvalue weighted by molar-refractivity contribution is 6.42. The maximum Gasteiger partial charge on any atom is 0.258 e. The van der Waals surface area contributed by atoms with E-state index in [9.17, 15) is 9.59 Å². The minimum atomic E-state index is -1.13. The van der Waals surface area contributed by atoms with Gasteiger partial charge < -0.3 is 10.4 Å². The first-order chi connectivity index (χ1) is 8.49. The van der Waals surface area contributed by atoms with Crippen molar-refractivity contribution in [1.29, 1.82) is 0 Å². The van der Waals surface area contributed by atoms with Crippen LogP contribution in [-0.4, -0.2) is 29.6 Å². The van der Waals surface area contributed by atoms with Crippen LogP contribution in [0.5, 0.6) is 0 Å². The van der Waals surface area contributed by atoms with Crippen molar-refractivity contribution in [2.75, 3.05) is 6.61 Å². The average Bonchev–Trinajstić information content (AvgIpc) is 2.37. The molecule has 0 saturated heterocycles. The molecule has 0 saturated carbocycles. The van der Waals surface area contributed by atoms with E-state index in [2.05, 4.69) is 5.32 Å². The Kier molecular flexibility index (Phi) is 5.36. The summed E-state index contributed by atoms with van der Waals surface area (Å²) in [6.07, 6.45) is 0. The third kappa shape index (κ3) is 3.58. The topological polar surface area (TPSA) is 104 Å². The van der Waals surface area contributed by atoms with E-state index in [-0.39, 0.29) is 10.6 Å². The molecular formula is C10H11Cl2N3O3. The van der Waals surface area contributed by atoms with Gasteiger partial charge in [-0.15, -0.1) is 0 Å². The van der Waals surface area contributed by atoms with Crippen LogP contribution in [0.2, 0.25) is 10.0 Å². The predicted octanol–water partition coefficient (Wildman–Crippen LogP) is 0.0740. The Balaban J connectivity index is 2.81. The monoisotopic (exact) mass is 291 g/mol. The standard InChI is InChI=1S/C10H11Cl2N3O3/c11-6-2-1-5(3-7(6)12)9(17)14-8(4-16)10(18)15-13/h1-3,8,16H,4,13H2,(H,14,17)(H,15,18)/t8-/m1/s1. The molecule has 0 aliphatic carbocycles. The molecule has 98 valence electrons. The van der Waals surface area contributed by atoms with Gasteiger partial charge in [0.2, 0.25) is 0 Å². The van der Waals surface area contributed by atoms with E-state index in [1.165, 1.54) is 18.2 Å². The third-order valence-corrected chi connectivity index (χ3v) is 2.87. The molecule has 0 bridgehead atoms. The number of aliphatic hydroxyl groups is 1. The fourth-order valence-corrected chi connectivity index (χ4v) is 1.47. The van der Waals surface area contributed by atoms with Crippen LogP contribution >= 0.6 is 23.2 Å². The molecule has 0 radical (unpaired) electrons. The zero-order valence-electron chi connectivity index (χ0n) is 9.11. The van der Waals surface area contributed by atoms with Crippen molar-refractivity contribution in [2.45, 2.75) is 6.04 Å². The number of rotatable bonds is 4. The first-order valence-corrected chi connectivity index (χ1v) is 5.62. The summed E-state index contributed by atoms with van der Waals surface area (Å²) in [5.41, 5.74) is 2.05. The first kappa shape index (κ1) is 14.7. The molecule has 18 heavy (non-hydrogen) atoms. The average molecular weight is 292 g/mol. The number of hydrogen-bond donors (Lipinski definition) is 4. The number of nitrogens with two attached hydrogens (primary N) is 1. The number of nitrogens with one attached hydrogen (secondary N) is 2. The molecule has 2 amide bonds. The Labute approximate surface area is 113 Å². The zero-order valence-corrected chi connectivity index (χ0v) is 10.6. The zero-order chi connectivity index (χ0) is 13.7. The second-order valence-electron chi connectivity index (χ2n) is 3.35. The summed E-state index contributed by atoms with van der Waals surface area (Å²) in [6, 6.07) is 3.12.